The van der Waals surface area contributed by atoms with Gasteiger partial charge in [0, 0.05) is 0 Å². The normalized spacial score (nSPS) is 9.36. The summed E-state index contributed by atoms with van der Waals surface area (Å²) in [5.41, 5.74) is 0.118. The minimum atomic E-state index is -1.01. The third-order valence-electron chi connectivity index (χ3n) is 1.50. The fourth-order valence-corrected chi connectivity index (χ4v) is 0.735. The number of rotatable bonds is 7. The van der Waals surface area contributed by atoms with E-state index in [1.807, 2.05) is 13.8 Å². The van der Waals surface area contributed by atoms with Crippen LogP contribution in [0, 0.1) is 0 Å². The molecule has 82 valence electrons. The molecule has 0 atom stereocenters. The van der Waals surface area contributed by atoms with Crippen LogP contribution in [0.25, 0.3) is 0 Å². The molecular weight excluding hydrogens is 184 g/mol. The third kappa shape index (κ3) is 4.74. The SMILES string of the molecule is CCCOC(OCCC)=C(C)C(=O)O. The average Bonchev–Trinajstić information content (AvgIpc) is 2.17. The van der Waals surface area contributed by atoms with E-state index >= 15 is 0 Å². The molecule has 0 aromatic rings. The van der Waals surface area contributed by atoms with Crippen molar-refractivity contribution in [3.05, 3.63) is 11.5 Å². The van der Waals surface area contributed by atoms with Crippen LogP contribution in [0.4, 0.5) is 0 Å². The van der Waals surface area contributed by atoms with E-state index < -0.39 is 5.97 Å². The lowest BCUT2D eigenvalue weighted by molar-refractivity contribution is -0.133. The number of hydrogen-bond acceptors (Lipinski definition) is 3. The Labute approximate surface area is 84.5 Å². The minimum absolute atomic E-state index is 0.118. The molecule has 0 bridgehead atoms. The van der Waals surface area contributed by atoms with Gasteiger partial charge in [-0.3, -0.25) is 0 Å². The number of carbonyl (C=O) groups is 1. The van der Waals surface area contributed by atoms with E-state index in [0.29, 0.717) is 13.2 Å². The Kier molecular flexibility index (Phi) is 6.62. The first-order chi connectivity index (χ1) is 6.63. The zero-order chi connectivity index (χ0) is 11.0. The van der Waals surface area contributed by atoms with Crippen molar-refractivity contribution in [2.45, 2.75) is 33.6 Å². The second-order valence-electron chi connectivity index (χ2n) is 2.91. The van der Waals surface area contributed by atoms with Crippen molar-refractivity contribution in [1.82, 2.24) is 0 Å². The van der Waals surface area contributed by atoms with E-state index in [-0.39, 0.29) is 11.5 Å². The lowest BCUT2D eigenvalue weighted by Crippen LogP contribution is -2.08. The van der Waals surface area contributed by atoms with Gasteiger partial charge in [-0.1, -0.05) is 13.8 Å². The molecule has 0 amide bonds. The molecule has 0 aliphatic carbocycles. The summed E-state index contributed by atoms with van der Waals surface area (Å²) in [6.45, 7) is 6.33. The molecule has 0 saturated heterocycles. The molecule has 1 N–H and O–H groups in total. The predicted molar refractivity (Wildman–Crippen MR) is 52.8 cm³/mol. The zero-order valence-electron chi connectivity index (χ0n) is 9.00. The van der Waals surface area contributed by atoms with Crippen LogP contribution in [0.15, 0.2) is 11.5 Å². The van der Waals surface area contributed by atoms with Crippen molar-refractivity contribution in [3.63, 3.8) is 0 Å². The molecule has 0 saturated carbocycles. The van der Waals surface area contributed by atoms with Crippen molar-refractivity contribution in [3.8, 4) is 0 Å². The highest BCUT2D eigenvalue weighted by Gasteiger charge is 2.11. The van der Waals surface area contributed by atoms with Crippen LogP contribution in [0.1, 0.15) is 33.6 Å². The Morgan fingerprint density at radius 1 is 1.14 bits per heavy atom. The van der Waals surface area contributed by atoms with Gasteiger partial charge >= 0.3 is 5.97 Å². The molecule has 0 radical (unpaired) electrons. The van der Waals surface area contributed by atoms with Gasteiger partial charge in [0.2, 0.25) is 0 Å². The maximum Gasteiger partial charge on any atom is 0.338 e. The van der Waals surface area contributed by atoms with E-state index in [2.05, 4.69) is 0 Å². The van der Waals surface area contributed by atoms with Crippen LogP contribution in [0.5, 0.6) is 0 Å². The smallest absolute Gasteiger partial charge is 0.338 e. The van der Waals surface area contributed by atoms with Crippen molar-refractivity contribution in [2.75, 3.05) is 13.2 Å². The molecule has 0 aromatic heterocycles. The summed E-state index contributed by atoms with van der Waals surface area (Å²) >= 11 is 0. The molecule has 0 unspecified atom stereocenters. The second kappa shape index (κ2) is 7.24. The fourth-order valence-electron chi connectivity index (χ4n) is 0.735. The van der Waals surface area contributed by atoms with Crippen molar-refractivity contribution >= 4 is 5.97 Å². The molecule has 14 heavy (non-hydrogen) atoms. The summed E-state index contributed by atoms with van der Waals surface area (Å²) in [6.07, 6.45) is 1.65. The first-order valence-corrected chi connectivity index (χ1v) is 4.83. The Balaban J connectivity index is 4.35. The van der Waals surface area contributed by atoms with Crippen LogP contribution in [-0.4, -0.2) is 24.3 Å². The number of carboxylic acids is 1. The number of aliphatic carboxylic acids is 1. The molecule has 0 rings (SSSR count). The molecule has 4 heteroatoms. The quantitative estimate of drug-likeness (QED) is 0.507. The van der Waals surface area contributed by atoms with E-state index in [1.165, 1.54) is 6.92 Å². The monoisotopic (exact) mass is 202 g/mol. The van der Waals surface area contributed by atoms with E-state index in [1.54, 1.807) is 0 Å². The fraction of sp³-hybridized carbons (Fsp3) is 0.700. The standard InChI is InChI=1S/C10H18O4/c1-4-6-13-10(14-7-5-2)8(3)9(11)12/h4-7H2,1-3H3,(H,11,12). The minimum Gasteiger partial charge on any atom is -0.478 e. The van der Waals surface area contributed by atoms with Gasteiger partial charge in [0.1, 0.15) is 5.57 Å². The van der Waals surface area contributed by atoms with Crippen LogP contribution in [-0.2, 0) is 14.3 Å². The first-order valence-electron chi connectivity index (χ1n) is 4.83. The van der Waals surface area contributed by atoms with E-state index in [0.717, 1.165) is 12.8 Å². The second-order valence-corrected chi connectivity index (χ2v) is 2.91. The maximum absolute atomic E-state index is 10.6. The summed E-state index contributed by atoms with van der Waals surface area (Å²) in [6, 6.07) is 0. The van der Waals surface area contributed by atoms with E-state index in [4.69, 9.17) is 14.6 Å². The molecule has 0 aliphatic heterocycles. The first kappa shape index (κ1) is 12.8. The predicted octanol–water partition coefficient (Wildman–Crippen LogP) is 2.16. The van der Waals surface area contributed by atoms with Gasteiger partial charge in [0.15, 0.2) is 0 Å². The van der Waals surface area contributed by atoms with Gasteiger partial charge in [0.05, 0.1) is 13.2 Å². The molecule has 4 nitrogen and oxygen atoms in total. The summed E-state index contributed by atoms with van der Waals surface area (Å²) in [7, 11) is 0. The number of ether oxygens (including phenoxy) is 2. The van der Waals surface area contributed by atoms with Gasteiger partial charge in [-0.25, -0.2) is 4.79 Å². The van der Waals surface area contributed by atoms with Gasteiger partial charge in [-0.05, 0) is 19.8 Å². The van der Waals surface area contributed by atoms with E-state index in [9.17, 15) is 4.79 Å². The van der Waals surface area contributed by atoms with Crippen molar-refractivity contribution < 1.29 is 19.4 Å². The van der Waals surface area contributed by atoms with Gasteiger partial charge in [-0.15, -0.1) is 0 Å². The Bertz CT molecular complexity index is 198. The molecule has 0 aromatic carbocycles. The lowest BCUT2D eigenvalue weighted by atomic mass is 10.3. The molecule has 0 heterocycles. The Hall–Kier alpha value is -1.19. The summed E-state index contributed by atoms with van der Waals surface area (Å²) < 4.78 is 10.4. The Morgan fingerprint density at radius 2 is 1.57 bits per heavy atom. The highest BCUT2D eigenvalue weighted by Crippen LogP contribution is 2.09. The molecule has 0 spiro atoms. The highest BCUT2D eigenvalue weighted by molar-refractivity contribution is 5.86. The summed E-state index contributed by atoms with van der Waals surface area (Å²) in [4.78, 5) is 10.6. The van der Waals surface area contributed by atoms with Gasteiger partial charge < -0.3 is 14.6 Å². The van der Waals surface area contributed by atoms with Crippen LogP contribution in [0.3, 0.4) is 0 Å². The van der Waals surface area contributed by atoms with Crippen molar-refractivity contribution in [1.29, 1.82) is 0 Å². The number of carboxylic acid groups (broad SMARTS) is 1. The lowest BCUT2D eigenvalue weighted by Gasteiger charge is -2.12. The largest absolute Gasteiger partial charge is 0.478 e. The summed E-state index contributed by atoms with van der Waals surface area (Å²) in [5, 5.41) is 8.73. The number of hydrogen-bond donors (Lipinski definition) is 1. The van der Waals surface area contributed by atoms with Crippen molar-refractivity contribution in [2.24, 2.45) is 0 Å². The third-order valence-corrected chi connectivity index (χ3v) is 1.50. The van der Waals surface area contributed by atoms with Crippen LogP contribution < -0.4 is 0 Å². The maximum atomic E-state index is 10.6. The highest BCUT2D eigenvalue weighted by atomic mass is 16.7. The molecule has 0 aliphatic rings. The zero-order valence-corrected chi connectivity index (χ0v) is 9.00. The van der Waals surface area contributed by atoms with Gasteiger partial charge in [0.25, 0.3) is 5.95 Å². The average molecular weight is 202 g/mol. The Morgan fingerprint density at radius 3 is 1.86 bits per heavy atom. The molecule has 0 fully saturated rings. The molecular formula is C10H18O4. The summed E-state index contributed by atoms with van der Waals surface area (Å²) in [5.74, 6) is -0.867. The van der Waals surface area contributed by atoms with Crippen LogP contribution in [0.2, 0.25) is 0 Å². The van der Waals surface area contributed by atoms with Gasteiger partial charge in [-0.2, -0.15) is 0 Å². The van der Waals surface area contributed by atoms with Crippen LogP contribution >= 0.6 is 0 Å². The topological polar surface area (TPSA) is 55.8 Å².